The van der Waals surface area contributed by atoms with E-state index in [1.807, 2.05) is 26.0 Å². The molecule has 2 aromatic rings. The molecule has 0 saturated carbocycles. The van der Waals surface area contributed by atoms with Crippen LogP contribution in [0.5, 0.6) is 5.75 Å². The number of hydrogen-bond acceptors (Lipinski definition) is 6. The summed E-state index contributed by atoms with van der Waals surface area (Å²) in [5.74, 6) is -0.869. The molecule has 8 nitrogen and oxygen atoms in total. The quantitative estimate of drug-likeness (QED) is 0.570. The van der Waals surface area contributed by atoms with Crippen molar-refractivity contribution in [3.63, 3.8) is 0 Å². The second kappa shape index (κ2) is 11.0. The molecule has 1 amide bonds. The average molecular weight is 489 g/mol. The lowest BCUT2D eigenvalue weighted by atomic mass is 9.98. The maximum absolute atomic E-state index is 13.2. The van der Waals surface area contributed by atoms with E-state index in [0.717, 1.165) is 16.7 Å². The van der Waals surface area contributed by atoms with E-state index in [4.69, 9.17) is 9.47 Å². The first-order valence-corrected chi connectivity index (χ1v) is 12.8. The molecule has 3 rings (SSSR count). The van der Waals surface area contributed by atoms with E-state index >= 15 is 0 Å². The molecule has 0 aromatic heterocycles. The number of para-hydroxylation sites is 2. The fourth-order valence-electron chi connectivity index (χ4n) is 4.33. The summed E-state index contributed by atoms with van der Waals surface area (Å²) in [6, 6.07) is 10.7. The Hall–Kier alpha value is -2.91. The van der Waals surface area contributed by atoms with Gasteiger partial charge in [-0.3, -0.25) is 9.59 Å². The zero-order valence-corrected chi connectivity index (χ0v) is 20.9. The second-order valence-corrected chi connectivity index (χ2v) is 10.4. The molecule has 0 bridgehead atoms. The van der Waals surface area contributed by atoms with Gasteiger partial charge < -0.3 is 14.8 Å². The lowest BCUT2D eigenvalue weighted by molar-refractivity contribution is -0.152. The van der Waals surface area contributed by atoms with Gasteiger partial charge in [-0.15, -0.1) is 0 Å². The van der Waals surface area contributed by atoms with Crippen LogP contribution in [0, 0.1) is 26.7 Å². The molecule has 1 aliphatic heterocycles. The molecule has 1 fully saturated rings. The summed E-state index contributed by atoms with van der Waals surface area (Å²) in [4.78, 5) is 25.1. The van der Waals surface area contributed by atoms with Crippen LogP contribution in [-0.2, 0) is 24.3 Å². The fraction of sp³-hybridized carbons (Fsp3) is 0.440. The summed E-state index contributed by atoms with van der Waals surface area (Å²) >= 11 is 0. The zero-order chi connectivity index (χ0) is 24.9. The van der Waals surface area contributed by atoms with Crippen LogP contribution < -0.4 is 10.1 Å². The lowest BCUT2D eigenvalue weighted by Crippen LogP contribution is -2.41. The van der Waals surface area contributed by atoms with Gasteiger partial charge in [0.25, 0.3) is 5.91 Å². The molecule has 9 heteroatoms. The van der Waals surface area contributed by atoms with Crippen LogP contribution in [0.3, 0.4) is 0 Å². The maximum Gasteiger partial charge on any atom is 0.309 e. The highest BCUT2D eigenvalue weighted by molar-refractivity contribution is 7.89. The number of carbonyl (C=O) groups excluding carboxylic acids is 2. The normalized spacial score (nSPS) is 15.1. The van der Waals surface area contributed by atoms with Crippen molar-refractivity contribution in [2.45, 2.75) is 45.4 Å². The summed E-state index contributed by atoms with van der Waals surface area (Å²) in [6.07, 6.45) is 0.688. The molecule has 1 saturated heterocycles. The van der Waals surface area contributed by atoms with Crippen molar-refractivity contribution in [1.82, 2.24) is 4.31 Å². The number of amides is 1. The highest BCUT2D eigenvalue weighted by Gasteiger charge is 2.34. The zero-order valence-electron chi connectivity index (χ0n) is 20.1. The predicted octanol–water partition coefficient (Wildman–Crippen LogP) is 3.59. The Labute approximate surface area is 201 Å². The number of nitrogens with zero attached hydrogens (tertiary/aromatic N) is 1. The van der Waals surface area contributed by atoms with Gasteiger partial charge in [0.15, 0.2) is 6.61 Å². The number of anilines is 1. The molecule has 1 N–H and O–H groups in total. The fourth-order valence-corrected chi connectivity index (χ4v) is 6.21. The summed E-state index contributed by atoms with van der Waals surface area (Å²) < 4.78 is 38.6. The molecule has 0 radical (unpaired) electrons. The Morgan fingerprint density at radius 1 is 1.06 bits per heavy atom. The van der Waals surface area contributed by atoms with Gasteiger partial charge in [-0.1, -0.05) is 29.8 Å². The van der Waals surface area contributed by atoms with E-state index in [0.29, 0.717) is 35.8 Å². The molecule has 1 heterocycles. The number of hydrogen-bond donors (Lipinski definition) is 1. The largest absolute Gasteiger partial charge is 0.492 e. The number of aryl methyl sites for hydroxylation is 3. The number of rotatable bonds is 8. The van der Waals surface area contributed by atoms with Crippen molar-refractivity contribution >= 4 is 27.6 Å². The third-order valence-electron chi connectivity index (χ3n) is 5.80. The van der Waals surface area contributed by atoms with Gasteiger partial charge in [-0.2, -0.15) is 4.31 Å². The van der Waals surface area contributed by atoms with Gasteiger partial charge >= 0.3 is 5.97 Å². The first-order chi connectivity index (χ1) is 16.1. The Balaban J connectivity index is 1.54. The van der Waals surface area contributed by atoms with Crippen molar-refractivity contribution in [3.8, 4) is 5.75 Å². The van der Waals surface area contributed by atoms with Gasteiger partial charge in [0, 0.05) is 13.1 Å². The first-order valence-electron chi connectivity index (χ1n) is 11.4. The minimum atomic E-state index is -3.65. The lowest BCUT2D eigenvalue weighted by Gasteiger charge is -2.31. The van der Waals surface area contributed by atoms with Gasteiger partial charge in [-0.05, 0) is 63.8 Å². The summed E-state index contributed by atoms with van der Waals surface area (Å²) in [7, 11) is -3.65. The Morgan fingerprint density at radius 2 is 1.68 bits per heavy atom. The van der Waals surface area contributed by atoms with Crippen LogP contribution in [0.25, 0.3) is 0 Å². The van der Waals surface area contributed by atoms with E-state index in [1.54, 1.807) is 38.1 Å². The van der Waals surface area contributed by atoms with Crippen LogP contribution >= 0.6 is 0 Å². The monoisotopic (exact) mass is 488 g/mol. The van der Waals surface area contributed by atoms with Crippen LogP contribution in [0.2, 0.25) is 0 Å². The summed E-state index contributed by atoms with van der Waals surface area (Å²) in [5.41, 5.74) is 2.96. The third-order valence-corrected chi connectivity index (χ3v) is 8.00. The minimum Gasteiger partial charge on any atom is -0.492 e. The highest BCUT2D eigenvalue weighted by atomic mass is 32.2. The molecular formula is C25H32N2O6S. The van der Waals surface area contributed by atoms with E-state index < -0.39 is 34.4 Å². The van der Waals surface area contributed by atoms with Crippen molar-refractivity contribution in [1.29, 1.82) is 0 Å². The Kier molecular flexibility index (Phi) is 8.33. The molecule has 0 aliphatic carbocycles. The molecule has 34 heavy (non-hydrogen) atoms. The molecule has 184 valence electrons. The van der Waals surface area contributed by atoms with Crippen LogP contribution in [0.1, 0.15) is 36.5 Å². The molecule has 0 spiro atoms. The van der Waals surface area contributed by atoms with E-state index in [1.165, 1.54) is 4.31 Å². The van der Waals surface area contributed by atoms with Crippen molar-refractivity contribution in [2.24, 2.45) is 5.92 Å². The van der Waals surface area contributed by atoms with Crippen molar-refractivity contribution in [2.75, 3.05) is 31.6 Å². The molecule has 2 aromatic carbocycles. The van der Waals surface area contributed by atoms with Gasteiger partial charge in [0.2, 0.25) is 10.0 Å². The van der Waals surface area contributed by atoms with Gasteiger partial charge in [-0.25, -0.2) is 8.42 Å². The smallest absolute Gasteiger partial charge is 0.309 e. The molecule has 1 aliphatic rings. The van der Waals surface area contributed by atoms with Gasteiger partial charge in [0.1, 0.15) is 5.75 Å². The number of sulfonamides is 1. The number of ether oxygens (including phenoxy) is 2. The highest BCUT2D eigenvalue weighted by Crippen LogP contribution is 2.29. The summed E-state index contributed by atoms with van der Waals surface area (Å²) in [5, 5.41) is 2.68. The predicted molar refractivity (Wildman–Crippen MR) is 129 cm³/mol. The number of carbonyl (C=O) groups is 2. The number of nitrogens with one attached hydrogen (secondary N) is 1. The average Bonchev–Trinajstić information content (AvgIpc) is 2.78. The number of benzene rings is 2. The second-order valence-electron chi connectivity index (χ2n) is 8.49. The molecule has 0 unspecified atom stereocenters. The SMILES string of the molecule is CCOc1ccccc1NC(=O)COC(=O)C1CCN(S(=O)(=O)c2c(C)cc(C)cc2C)CC1. The minimum absolute atomic E-state index is 0.225. The number of piperidine rings is 1. The third kappa shape index (κ3) is 5.95. The standard InChI is InChI=1S/C25H32N2O6S/c1-5-32-22-9-7-6-8-21(22)26-23(28)16-33-25(29)20-10-12-27(13-11-20)34(30,31)24-18(3)14-17(2)15-19(24)4/h6-9,14-15,20H,5,10-13,16H2,1-4H3,(H,26,28). The van der Waals surface area contributed by atoms with Crippen molar-refractivity contribution < 1.29 is 27.5 Å². The Bertz CT molecular complexity index is 1130. The van der Waals surface area contributed by atoms with E-state index in [2.05, 4.69) is 5.32 Å². The maximum atomic E-state index is 13.2. The number of esters is 1. The van der Waals surface area contributed by atoms with Crippen LogP contribution in [-0.4, -0.2) is 50.9 Å². The molecule has 0 atom stereocenters. The topological polar surface area (TPSA) is 102 Å². The Morgan fingerprint density at radius 3 is 2.29 bits per heavy atom. The molecular weight excluding hydrogens is 456 g/mol. The van der Waals surface area contributed by atoms with Crippen LogP contribution in [0.15, 0.2) is 41.3 Å². The van der Waals surface area contributed by atoms with E-state index in [9.17, 15) is 18.0 Å². The van der Waals surface area contributed by atoms with Crippen molar-refractivity contribution in [3.05, 3.63) is 53.1 Å². The summed E-state index contributed by atoms with van der Waals surface area (Å²) in [6.45, 7) is 7.87. The first kappa shape index (κ1) is 25.7. The van der Waals surface area contributed by atoms with E-state index in [-0.39, 0.29) is 13.1 Å². The van der Waals surface area contributed by atoms with Crippen LogP contribution in [0.4, 0.5) is 5.69 Å². The van der Waals surface area contributed by atoms with Gasteiger partial charge in [0.05, 0.1) is 23.1 Å².